The van der Waals surface area contributed by atoms with Gasteiger partial charge in [-0.15, -0.1) is 0 Å². The molecule has 2 unspecified atom stereocenters. The Morgan fingerprint density at radius 2 is 1.89 bits per heavy atom. The van der Waals surface area contributed by atoms with Crippen molar-refractivity contribution in [1.29, 1.82) is 0 Å². The fraction of sp³-hybridized carbons (Fsp3) is 0.333. The van der Waals surface area contributed by atoms with Gasteiger partial charge in [-0.05, 0) is 42.9 Å². The van der Waals surface area contributed by atoms with Gasteiger partial charge in [-0.3, -0.25) is 4.72 Å². The van der Waals surface area contributed by atoms with Gasteiger partial charge in [0.25, 0.3) is 10.0 Å². The number of anilines is 2. The van der Waals surface area contributed by atoms with Crippen LogP contribution in [0.15, 0.2) is 41.7 Å². The summed E-state index contributed by atoms with van der Waals surface area (Å²) in [5.74, 6) is 0.0778. The number of rotatable bonds is 6. The van der Waals surface area contributed by atoms with Crippen molar-refractivity contribution in [3.8, 4) is 16.5 Å². The van der Waals surface area contributed by atoms with Crippen LogP contribution in [0.25, 0.3) is 20.9 Å². The lowest BCUT2D eigenvalue weighted by Gasteiger charge is -2.18. The lowest BCUT2D eigenvalue weighted by molar-refractivity contribution is 0.400. The third-order valence-electron chi connectivity index (χ3n) is 6.92. The lowest BCUT2D eigenvalue weighted by atomic mass is 10.0. The molecule has 0 radical (unpaired) electrons. The van der Waals surface area contributed by atoms with Crippen LogP contribution in [0.4, 0.5) is 20.3 Å². The zero-order valence-electron chi connectivity index (χ0n) is 19.7. The highest BCUT2D eigenvalue weighted by Crippen LogP contribution is 2.41. The minimum atomic E-state index is -4.40. The van der Waals surface area contributed by atoms with E-state index in [-0.39, 0.29) is 11.6 Å². The van der Waals surface area contributed by atoms with Crippen molar-refractivity contribution in [2.24, 2.45) is 11.8 Å². The molecule has 0 spiro atoms. The summed E-state index contributed by atoms with van der Waals surface area (Å²) in [6.07, 6.45) is 6.83. The minimum absolute atomic E-state index is 0.0124. The Morgan fingerprint density at radius 1 is 1.11 bits per heavy atom. The number of halogens is 2. The molecule has 2 fully saturated rings. The Hall–Kier alpha value is -3.45. The zero-order chi connectivity index (χ0) is 25.7. The van der Waals surface area contributed by atoms with Crippen LogP contribution in [0, 0.1) is 23.5 Å². The summed E-state index contributed by atoms with van der Waals surface area (Å²) in [4.78, 5) is 20.2. The number of hydrogen-bond acceptors (Lipinski definition) is 9. The molecule has 1 aliphatic heterocycles. The summed E-state index contributed by atoms with van der Waals surface area (Å²) in [5.41, 5.74) is 1.20. The fourth-order valence-electron chi connectivity index (χ4n) is 5.20. The Balaban J connectivity index is 1.35. The van der Waals surface area contributed by atoms with E-state index in [0.29, 0.717) is 38.8 Å². The highest BCUT2D eigenvalue weighted by atomic mass is 32.2. The van der Waals surface area contributed by atoms with Crippen molar-refractivity contribution in [1.82, 2.24) is 19.9 Å². The van der Waals surface area contributed by atoms with Gasteiger partial charge in [0.1, 0.15) is 43.9 Å². The van der Waals surface area contributed by atoms with Crippen molar-refractivity contribution in [3.63, 3.8) is 0 Å². The van der Waals surface area contributed by atoms with E-state index >= 15 is 0 Å². The number of pyridine rings is 1. The number of hydrogen-bond donors (Lipinski definition) is 1. The second-order valence-corrected chi connectivity index (χ2v) is 11.8. The van der Waals surface area contributed by atoms with E-state index in [4.69, 9.17) is 9.72 Å². The van der Waals surface area contributed by atoms with Crippen LogP contribution in [-0.2, 0) is 10.0 Å². The molecule has 0 bridgehead atoms. The molecule has 4 heterocycles. The predicted octanol–water partition coefficient (Wildman–Crippen LogP) is 4.47. The van der Waals surface area contributed by atoms with E-state index in [2.05, 4.69) is 24.6 Å². The maximum Gasteiger partial charge on any atom is 0.264 e. The standard InChI is InChI=1S/C24H22F2N6O3S2/c1-35-22-18(31-37(33,34)19-6-5-16(25)8-17(19)26)7-15(9-27-22)23-30-20-21(28-12-29-24(20)36-23)32-10-13-3-2-4-14(13)11-32/h5-9,12-14,31H,2-4,10-11H2,1H3. The van der Waals surface area contributed by atoms with Crippen LogP contribution in [0.1, 0.15) is 19.3 Å². The summed E-state index contributed by atoms with van der Waals surface area (Å²) in [5, 5.41) is 0.569. The van der Waals surface area contributed by atoms with Gasteiger partial charge in [0.2, 0.25) is 5.88 Å². The molecule has 9 nitrogen and oxygen atoms in total. The van der Waals surface area contributed by atoms with Gasteiger partial charge in [0.15, 0.2) is 5.82 Å². The number of benzene rings is 1. The minimum Gasteiger partial charge on any atom is -0.480 e. The first-order valence-corrected chi connectivity index (χ1v) is 14.0. The molecule has 0 amide bonds. The van der Waals surface area contributed by atoms with Gasteiger partial charge >= 0.3 is 0 Å². The highest BCUT2D eigenvalue weighted by molar-refractivity contribution is 7.92. The number of nitrogens with zero attached hydrogens (tertiary/aromatic N) is 5. The molecule has 192 valence electrons. The van der Waals surface area contributed by atoms with Crippen molar-refractivity contribution in [2.75, 3.05) is 29.8 Å². The van der Waals surface area contributed by atoms with E-state index in [1.54, 1.807) is 0 Å². The molecule has 1 aliphatic carbocycles. The number of thiazole rings is 1. The molecule has 1 saturated heterocycles. The molecule has 13 heteroatoms. The number of ether oxygens (including phenoxy) is 1. The summed E-state index contributed by atoms with van der Waals surface area (Å²) >= 11 is 1.34. The zero-order valence-corrected chi connectivity index (χ0v) is 21.3. The first kappa shape index (κ1) is 23.9. The Kier molecular flexibility index (Phi) is 5.91. The van der Waals surface area contributed by atoms with Gasteiger partial charge in [0.05, 0.1) is 7.11 Å². The van der Waals surface area contributed by atoms with Gasteiger partial charge < -0.3 is 9.64 Å². The topological polar surface area (TPSA) is 110 Å². The molecule has 37 heavy (non-hydrogen) atoms. The van der Waals surface area contributed by atoms with Gasteiger partial charge in [0, 0.05) is 30.9 Å². The van der Waals surface area contributed by atoms with Crippen molar-refractivity contribution >= 4 is 43.2 Å². The van der Waals surface area contributed by atoms with Gasteiger partial charge in [-0.25, -0.2) is 37.1 Å². The molecular weight excluding hydrogens is 522 g/mol. The summed E-state index contributed by atoms with van der Waals surface area (Å²) in [6, 6.07) is 3.75. The van der Waals surface area contributed by atoms with Gasteiger partial charge in [-0.2, -0.15) is 0 Å². The summed E-state index contributed by atoms with van der Waals surface area (Å²) < 4.78 is 60.7. The van der Waals surface area contributed by atoms with E-state index in [1.165, 1.54) is 56.3 Å². The largest absolute Gasteiger partial charge is 0.480 e. The van der Waals surface area contributed by atoms with E-state index < -0.39 is 26.6 Å². The Labute approximate surface area is 215 Å². The van der Waals surface area contributed by atoms with Crippen molar-refractivity contribution < 1.29 is 21.9 Å². The molecule has 2 aliphatic rings. The maximum atomic E-state index is 14.2. The van der Waals surface area contributed by atoms with E-state index in [1.807, 2.05) is 0 Å². The number of fused-ring (bicyclic) bond motifs is 2. The number of methoxy groups -OCH3 is 1. The second kappa shape index (κ2) is 9.14. The van der Waals surface area contributed by atoms with Crippen LogP contribution in [0.3, 0.4) is 0 Å². The Morgan fingerprint density at radius 3 is 2.62 bits per heavy atom. The van der Waals surface area contributed by atoms with E-state index in [0.717, 1.165) is 31.0 Å². The van der Waals surface area contributed by atoms with Crippen LogP contribution >= 0.6 is 11.3 Å². The number of aromatic nitrogens is 4. The molecule has 6 rings (SSSR count). The van der Waals surface area contributed by atoms with Crippen LogP contribution in [0.5, 0.6) is 5.88 Å². The first-order chi connectivity index (χ1) is 17.8. The number of sulfonamides is 1. The smallest absolute Gasteiger partial charge is 0.264 e. The highest BCUT2D eigenvalue weighted by Gasteiger charge is 2.37. The second-order valence-electron chi connectivity index (χ2n) is 9.19. The molecule has 1 saturated carbocycles. The average molecular weight is 545 g/mol. The predicted molar refractivity (Wildman–Crippen MR) is 135 cm³/mol. The molecule has 1 aromatic carbocycles. The van der Waals surface area contributed by atoms with Crippen LogP contribution < -0.4 is 14.4 Å². The van der Waals surface area contributed by atoms with E-state index in [9.17, 15) is 17.2 Å². The maximum absolute atomic E-state index is 14.2. The molecule has 3 aromatic heterocycles. The van der Waals surface area contributed by atoms with Crippen molar-refractivity contribution in [2.45, 2.75) is 24.2 Å². The fourth-order valence-corrected chi connectivity index (χ4v) is 7.19. The molecule has 2 atom stereocenters. The molecule has 1 N–H and O–H groups in total. The van der Waals surface area contributed by atoms with Gasteiger partial charge in [-0.1, -0.05) is 17.8 Å². The third-order valence-corrected chi connectivity index (χ3v) is 9.33. The lowest BCUT2D eigenvalue weighted by Crippen LogP contribution is -2.22. The van der Waals surface area contributed by atoms with Crippen LogP contribution in [0.2, 0.25) is 0 Å². The molecular formula is C24H22F2N6O3S2. The van der Waals surface area contributed by atoms with Crippen LogP contribution in [-0.4, -0.2) is 48.6 Å². The monoisotopic (exact) mass is 544 g/mol. The summed E-state index contributed by atoms with van der Waals surface area (Å²) in [6.45, 7) is 1.92. The SMILES string of the molecule is COc1ncc(-c2nc3c(N4CC5CCCC5C4)ncnc3s2)cc1NS(=O)(=O)c1ccc(F)cc1F. The average Bonchev–Trinajstić information content (AvgIpc) is 3.58. The Bertz CT molecular complexity index is 1600. The van der Waals surface area contributed by atoms with Crippen molar-refractivity contribution in [3.05, 3.63) is 48.4 Å². The first-order valence-electron chi connectivity index (χ1n) is 11.7. The molecule has 4 aromatic rings. The normalized spacial score (nSPS) is 19.4. The quantitative estimate of drug-likeness (QED) is 0.379. The number of nitrogens with one attached hydrogen (secondary N) is 1. The summed E-state index contributed by atoms with van der Waals surface area (Å²) in [7, 11) is -3.06. The third kappa shape index (κ3) is 4.35.